The Morgan fingerprint density at radius 2 is 1.80 bits per heavy atom. The molecule has 0 saturated heterocycles. The van der Waals surface area contributed by atoms with E-state index in [4.69, 9.17) is 9.47 Å². The van der Waals surface area contributed by atoms with E-state index in [1.165, 1.54) is 0 Å². The topological polar surface area (TPSA) is 43.4 Å². The van der Waals surface area contributed by atoms with Gasteiger partial charge in [0.1, 0.15) is 11.5 Å². The van der Waals surface area contributed by atoms with Crippen LogP contribution in [0.3, 0.4) is 0 Å². The Kier molecular flexibility index (Phi) is 5.24. The zero-order valence-electron chi connectivity index (χ0n) is 11.9. The van der Waals surface area contributed by atoms with Crippen molar-refractivity contribution in [2.24, 2.45) is 0 Å². The summed E-state index contributed by atoms with van der Waals surface area (Å²) in [6.07, 6.45) is 1.75. The number of rotatable bonds is 7. The molecule has 1 heterocycles. The average molecular weight is 272 g/mol. The van der Waals surface area contributed by atoms with Gasteiger partial charge in [-0.05, 0) is 38.1 Å². The van der Waals surface area contributed by atoms with Gasteiger partial charge >= 0.3 is 0 Å². The number of aromatic nitrogens is 1. The van der Waals surface area contributed by atoms with Gasteiger partial charge in [-0.3, -0.25) is 4.98 Å². The number of para-hydroxylation sites is 2. The summed E-state index contributed by atoms with van der Waals surface area (Å²) < 4.78 is 10.9. The van der Waals surface area contributed by atoms with Crippen molar-refractivity contribution in [3.63, 3.8) is 0 Å². The molecule has 2 aromatic rings. The first-order valence-corrected chi connectivity index (χ1v) is 6.87. The van der Waals surface area contributed by atoms with E-state index in [-0.39, 0.29) is 0 Å². The number of ether oxygens (including phenoxy) is 2. The van der Waals surface area contributed by atoms with E-state index in [9.17, 15) is 0 Å². The summed E-state index contributed by atoms with van der Waals surface area (Å²) in [6.45, 7) is 5.89. The molecular formula is C16H20N2O2. The van der Waals surface area contributed by atoms with Gasteiger partial charge in [-0.2, -0.15) is 0 Å². The number of hydrogen-bond acceptors (Lipinski definition) is 4. The van der Waals surface area contributed by atoms with E-state index in [0.717, 1.165) is 22.9 Å². The highest BCUT2D eigenvalue weighted by atomic mass is 16.5. The fraction of sp³-hybridized carbons (Fsp3) is 0.312. The summed E-state index contributed by atoms with van der Waals surface area (Å²) in [5.74, 6) is 1.66. The molecule has 0 atom stereocenters. The highest BCUT2D eigenvalue weighted by Crippen LogP contribution is 2.24. The largest absolute Gasteiger partial charge is 0.492 e. The molecule has 106 valence electrons. The standard InChI is InChI=1S/C16H20N2O2/c1-3-19-14-10-9-13(17-12-14)11-18-15-7-5-6-8-16(15)20-4-2/h5-10,12,18H,3-4,11H2,1-2H3. The van der Waals surface area contributed by atoms with E-state index in [1.807, 2.05) is 50.2 Å². The summed E-state index contributed by atoms with van der Waals surface area (Å²) in [4.78, 5) is 4.36. The van der Waals surface area contributed by atoms with E-state index in [2.05, 4.69) is 10.3 Å². The lowest BCUT2D eigenvalue weighted by molar-refractivity contribution is 0.338. The van der Waals surface area contributed by atoms with Crippen LogP contribution in [0, 0.1) is 0 Å². The van der Waals surface area contributed by atoms with Crippen LogP contribution in [0.2, 0.25) is 0 Å². The maximum atomic E-state index is 5.57. The van der Waals surface area contributed by atoms with Crippen LogP contribution in [0.25, 0.3) is 0 Å². The molecule has 0 saturated carbocycles. The Morgan fingerprint density at radius 3 is 2.50 bits per heavy atom. The first kappa shape index (κ1) is 14.2. The first-order valence-electron chi connectivity index (χ1n) is 6.87. The molecule has 0 spiro atoms. The molecule has 0 amide bonds. The Morgan fingerprint density at radius 1 is 1.00 bits per heavy atom. The molecule has 0 aliphatic rings. The molecule has 0 radical (unpaired) electrons. The molecule has 1 N–H and O–H groups in total. The van der Waals surface area contributed by atoms with E-state index in [1.54, 1.807) is 6.20 Å². The van der Waals surface area contributed by atoms with Crippen LogP contribution < -0.4 is 14.8 Å². The molecule has 1 aromatic heterocycles. The van der Waals surface area contributed by atoms with Crippen molar-refractivity contribution in [2.75, 3.05) is 18.5 Å². The smallest absolute Gasteiger partial charge is 0.142 e. The highest BCUT2D eigenvalue weighted by Gasteiger charge is 2.02. The zero-order chi connectivity index (χ0) is 14.2. The van der Waals surface area contributed by atoms with Gasteiger partial charge in [-0.25, -0.2) is 0 Å². The van der Waals surface area contributed by atoms with Crippen LogP contribution in [0.4, 0.5) is 5.69 Å². The minimum absolute atomic E-state index is 0.649. The van der Waals surface area contributed by atoms with Crippen molar-refractivity contribution in [3.8, 4) is 11.5 Å². The molecule has 2 rings (SSSR count). The van der Waals surface area contributed by atoms with Crippen LogP contribution >= 0.6 is 0 Å². The third kappa shape index (κ3) is 3.88. The van der Waals surface area contributed by atoms with Gasteiger partial charge in [-0.1, -0.05) is 12.1 Å². The summed E-state index contributed by atoms with van der Waals surface area (Å²) in [7, 11) is 0. The number of nitrogens with zero attached hydrogens (tertiary/aromatic N) is 1. The van der Waals surface area contributed by atoms with E-state index >= 15 is 0 Å². The molecule has 4 heteroatoms. The lowest BCUT2D eigenvalue weighted by Crippen LogP contribution is -2.04. The minimum Gasteiger partial charge on any atom is -0.492 e. The number of hydrogen-bond donors (Lipinski definition) is 1. The first-order chi connectivity index (χ1) is 9.83. The number of anilines is 1. The second-order valence-corrected chi connectivity index (χ2v) is 4.20. The van der Waals surface area contributed by atoms with Crippen LogP contribution in [0.5, 0.6) is 11.5 Å². The van der Waals surface area contributed by atoms with Gasteiger partial charge in [0.2, 0.25) is 0 Å². The molecular weight excluding hydrogens is 252 g/mol. The van der Waals surface area contributed by atoms with Crippen LogP contribution in [0.15, 0.2) is 42.6 Å². The summed E-state index contributed by atoms with van der Waals surface area (Å²) in [6, 6.07) is 11.8. The van der Waals surface area contributed by atoms with E-state index < -0.39 is 0 Å². The maximum Gasteiger partial charge on any atom is 0.142 e. The Labute approximate surface area is 119 Å². The third-order valence-corrected chi connectivity index (χ3v) is 2.76. The third-order valence-electron chi connectivity index (χ3n) is 2.76. The quantitative estimate of drug-likeness (QED) is 0.838. The van der Waals surface area contributed by atoms with Crippen molar-refractivity contribution in [3.05, 3.63) is 48.3 Å². The average Bonchev–Trinajstić information content (AvgIpc) is 2.48. The molecule has 20 heavy (non-hydrogen) atoms. The summed E-state index contributed by atoms with van der Waals surface area (Å²) in [5.41, 5.74) is 1.93. The predicted molar refractivity (Wildman–Crippen MR) is 80.3 cm³/mol. The minimum atomic E-state index is 0.649. The lowest BCUT2D eigenvalue weighted by Gasteiger charge is -2.12. The molecule has 0 fully saturated rings. The van der Waals surface area contributed by atoms with Gasteiger partial charge < -0.3 is 14.8 Å². The fourth-order valence-electron chi connectivity index (χ4n) is 1.85. The molecule has 0 unspecified atom stereocenters. The van der Waals surface area contributed by atoms with Crippen LogP contribution in [0.1, 0.15) is 19.5 Å². The van der Waals surface area contributed by atoms with Crippen molar-refractivity contribution < 1.29 is 9.47 Å². The normalized spacial score (nSPS) is 10.1. The SMILES string of the molecule is CCOc1ccc(CNc2ccccc2OCC)nc1. The van der Waals surface area contributed by atoms with Crippen LogP contribution in [-0.4, -0.2) is 18.2 Å². The van der Waals surface area contributed by atoms with Crippen molar-refractivity contribution in [1.29, 1.82) is 0 Å². The summed E-state index contributed by atoms with van der Waals surface area (Å²) >= 11 is 0. The number of benzene rings is 1. The molecule has 4 nitrogen and oxygen atoms in total. The fourth-order valence-corrected chi connectivity index (χ4v) is 1.85. The van der Waals surface area contributed by atoms with Crippen molar-refractivity contribution >= 4 is 5.69 Å². The van der Waals surface area contributed by atoms with Gasteiger partial charge in [0.15, 0.2) is 0 Å². The van der Waals surface area contributed by atoms with Crippen molar-refractivity contribution in [1.82, 2.24) is 4.98 Å². The lowest BCUT2D eigenvalue weighted by atomic mass is 10.2. The van der Waals surface area contributed by atoms with Gasteiger partial charge in [0.25, 0.3) is 0 Å². The van der Waals surface area contributed by atoms with Gasteiger partial charge in [0, 0.05) is 0 Å². The monoisotopic (exact) mass is 272 g/mol. The summed E-state index contributed by atoms with van der Waals surface area (Å²) in [5, 5.41) is 3.34. The maximum absolute atomic E-state index is 5.57. The zero-order valence-corrected chi connectivity index (χ0v) is 11.9. The van der Waals surface area contributed by atoms with Gasteiger partial charge in [0.05, 0.1) is 37.3 Å². The molecule has 0 bridgehead atoms. The second kappa shape index (κ2) is 7.38. The highest BCUT2D eigenvalue weighted by molar-refractivity contribution is 5.56. The predicted octanol–water partition coefficient (Wildman–Crippen LogP) is 3.49. The number of pyridine rings is 1. The Bertz CT molecular complexity index is 526. The Balaban J connectivity index is 1.97. The second-order valence-electron chi connectivity index (χ2n) is 4.20. The van der Waals surface area contributed by atoms with E-state index in [0.29, 0.717) is 19.8 Å². The van der Waals surface area contributed by atoms with Gasteiger partial charge in [-0.15, -0.1) is 0 Å². The van der Waals surface area contributed by atoms with Crippen molar-refractivity contribution in [2.45, 2.75) is 20.4 Å². The molecule has 0 aliphatic heterocycles. The molecule has 0 aliphatic carbocycles. The Hall–Kier alpha value is -2.23. The van der Waals surface area contributed by atoms with Crippen LogP contribution in [-0.2, 0) is 6.54 Å². The number of nitrogens with one attached hydrogen (secondary N) is 1. The molecule has 1 aromatic carbocycles.